The number of nitrogens with zero attached hydrogens (tertiary/aromatic N) is 2. The van der Waals surface area contributed by atoms with Crippen LogP contribution in [0.15, 0.2) is 48.5 Å². The molecule has 0 aromatic heterocycles. The Hall–Kier alpha value is -2.86. The summed E-state index contributed by atoms with van der Waals surface area (Å²) in [5, 5.41) is 5.48. The standard InChI is InChI=1S/C23H30N4O2/c1-26(2)21(18-9-10-20-19(15-18)12-14-27(20)3)16-25-23(29)22(28)24-13-11-17-7-5-4-6-8-17/h4-10,15,21H,11-14,16H2,1-3H3,(H,24,28)(H,25,29). The molecule has 0 saturated carbocycles. The third kappa shape index (κ3) is 5.35. The van der Waals surface area contributed by atoms with Crippen LogP contribution >= 0.6 is 0 Å². The number of amides is 2. The SMILES string of the molecule is CN1CCc2cc(C(CNC(=O)C(=O)NCCc3ccccc3)N(C)C)ccc21. The highest BCUT2D eigenvalue weighted by molar-refractivity contribution is 6.35. The van der Waals surface area contributed by atoms with Crippen molar-refractivity contribution in [2.24, 2.45) is 0 Å². The summed E-state index contributed by atoms with van der Waals surface area (Å²) < 4.78 is 0. The predicted octanol–water partition coefficient (Wildman–Crippen LogP) is 1.76. The van der Waals surface area contributed by atoms with Gasteiger partial charge in [0.2, 0.25) is 0 Å². The lowest BCUT2D eigenvalue weighted by molar-refractivity contribution is -0.139. The van der Waals surface area contributed by atoms with Crippen molar-refractivity contribution in [1.29, 1.82) is 0 Å². The Morgan fingerprint density at radius 3 is 2.52 bits per heavy atom. The number of carbonyl (C=O) groups excluding carboxylic acids is 2. The minimum absolute atomic E-state index is 0.00674. The maximum absolute atomic E-state index is 12.2. The van der Waals surface area contributed by atoms with Crippen molar-refractivity contribution in [2.75, 3.05) is 45.7 Å². The first-order valence-corrected chi connectivity index (χ1v) is 10.1. The summed E-state index contributed by atoms with van der Waals surface area (Å²) in [6.07, 6.45) is 1.74. The fourth-order valence-electron chi connectivity index (χ4n) is 3.71. The van der Waals surface area contributed by atoms with E-state index in [9.17, 15) is 9.59 Å². The van der Waals surface area contributed by atoms with Gasteiger partial charge in [-0.25, -0.2) is 0 Å². The van der Waals surface area contributed by atoms with Crippen molar-refractivity contribution in [1.82, 2.24) is 15.5 Å². The number of benzene rings is 2. The Balaban J connectivity index is 1.52. The number of anilines is 1. The summed E-state index contributed by atoms with van der Waals surface area (Å²) in [6.45, 7) is 1.85. The molecule has 3 rings (SSSR count). The van der Waals surface area contributed by atoms with Gasteiger partial charge in [-0.15, -0.1) is 0 Å². The zero-order valence-electron chi connectivity index (χ0n) is 17.4. The van der Waals surface area contributed by atoms with Gasteiger partial charge in [-0.2, -0.15) is 0 Å². The molecular formula is C23H30N4O2. The van der Waals surface area contributed by atoms with E-state index >= 15 is 0 Å². The van der Waals surface area contributed by atoms with E-state index in [1.165, 1.54) is 11.3 Å². The number of hydrogen-bond donors (Lipinski definition) is 2. The zero-order valence-corrected chi connectivity index (χ0v) is 17.4. The third-order valence-electron chi connectivity index (χ3n) is 5.44. The highest BCUT2D eigenvalue weighted by Gasteiger charge is 2.22. The Labute approximate surface area is 172 Å². The molecule has 1 unspecified atom stereocenters. The molecule has 2 amide bonds. The van der Waals surface area contributed by atoms with Gasteiger partial charge in [0.05, 0.1) is 6.04 Å². The van der Waals surface area contributed by atoms with Crippen LogP contribution < -0.4 is 15.5 Å². The lowest BCUT2D eigenvalue weighted by Gasteiger charge is -2.26. The van der Waals surface area contributed by atoms with Gasteiger partial charge in [-0.3, -0.25) is 9.59 Å². The maximum Gasteiger partial charge on any atom is 0.309 e. The molecule has 154 valence electrons. The van der Waals surface area contributed by atoms with Crippen LogP contribution in [0.3, 0.4) is 0 Å². The smallest absolute Gasteiger partial charge is 0.309 e. The van der Waals surface area contributed by atoms with Gasteiger partial charge in [0.1, 0.15) is 0 Å². The average molecular weight is 395 g/mol. The Kier molecular flexibility index (Phi) is 6.88. The second-order valence-electron chi connectivity index (χ2n) is 7.74. The van der Waals surface area contributed by atoms with Gasteiger partial charge in [0, 0.05) is 32.4 Å². The Morgan fingerprint density at radius 1 is 1.07 bits per heavy atom. The Bertz CT molecular complexity index is 851. The Morgan fingerprint density at radius 2 is 1.79 bits per heavy atom. The lowest BCUT2D eigenvalue weighted by atomic mass is 10.0. The number of nitrogens with one attached hydrogen (secondary N) is 2. The zero-order chi connectivity index (χ0) is 20.8. The molecule has 6 nitrogen and oxygen atoms in total. The minimum atomic E-state index is -0.592. The largest absolute Gasteiger partial charge is 0.374 e. The molecule has 0 bridgehead atoms. The molecular weight excluding hydrogens is 364 g/mol. The highest BCUT2D eigenvalue weighted by Crippen LogP contribution is 2.30. The van der Waals surface area contributed by atoms with Gasteiger partial charge in [0.15, 0.2) is 0 Å². The maximum atomic E-state index is 12.2. The summed E-state index contributed by atoms with van der Waals surface area (Å²) in [5.74, 6) is -1.18. The van der Waals surface area contributed by atoms with Gasteiger partial charge >= 0.3 is 11.8 Å². The predicted molar refractivity (Wildman–Crippen MR) is 116 cm³/mol. The molecule has 1 heterocycles. The number of carbonyl (C=O) groups is 2. The van der Waals surface area contributed by atoms with Crippen molar-refractivity contribution in [3.8, 4) is 0 Å². The summed E-state index contributed by atoms with van der Waals surface area (Å²) in [4.78, 5) is 28.6. The van der Waals surface area contributed by atoms with E-state index in [0.29, 0.717) is 19.5 Å². The summed E-state index contributed by atoms with van der Waals surface area (Å²) in [7, 11) is 6.07. The van der Waals surface area contributed by atoms with Gasteiger partial charge in [-0.1, -0.05) is 42.5 Å². The summed E-state index contributed by atoms with van der Waals surface area (Å²) in [6, 6.07) is 16.4. The molecule has 2 aromatic rings. The van der Waals surface area contributed by atoms with Crippen molar-refractivity contribution in [2.45, 2.75) is 18.9 Å². The molecule has 1 aliphatic rings. The first kappa shape index (κ1) is 20.9. The number of rotatable bonds is 7. The van der Waals surface area contributed by atoms with E-state index in [1.807, 2.05) is 44.4 Å². The molecule has 0 fully saturated rings. The van der Waals surface area contributed by atoms with Crippen molar-refractivity contribution >= 4 is 17.5 Å². The molecule has 0 saturated heterocycles. The van der Waals surface area contributed by atoms with Crippen molar-refractivity contribution in [3.05, 3.63) is 65.2 Å². The van der Waals surface area contributed by atoms with Crippen LogP contribution in [0.2, 0.25) is 0 Å². The molecule has 0 spiro atoms. The number of fused-ring (bicyclic) bond motifs is 1. The molecule has 6 heteroatoms. The van der Waals surface area contributed by atoms with E-state index in [0.717, 1.165) is 24.1 Å². The van der Waals surface area contributed by atoms with Crippen LogP contribution in [0, 0.1) is 0 Å². The van der Waals surface area contributed by atoms with Crippen LogP contribution in [0.1, 0.15) is 22.7 Å². The van der Waals surface area contributed by atoms with Crippen LogP contribution in [0.5, 0.6) is 0 Å². The molecule has 0 aliphatic carbocycles. The second kappa shape index (κ2) is 9.56. The third-order valence-corrected chi connectivity index (χ3v) is 5.44. The van der Waals surface area contributed by atoms with Crippen LogP contribution in [-0.2, 0) is 22.4 Å². The number of likely N-dealkylation sites (N-methyl/N-ethyl adjacent to an activating group) is 2. The van der Waals surface area contributed by atoms with Crippen LogP contribution in [-0.4, -0.2) is 57.5 Å². The first-order valence-electron chi connectivity index (χ1n) is 10.1. The fourth-order valence-corrected chi connectivity index (χ4v) is 3.71. The monoisotopic (exact) mass is 394 g/mol. The molecule has 1 aliphatic heterocycles. The van der Waals surface area contributed by atoms with Crippen LogP contribution in [0.4, 0.5) is 5.69 Å². The summed E-state index contributed by atoms with van der Waals surface area (Å²) in [5.41, 5.74) is 4.88. The molecule has 2 N–H and O–H groups in total. The average Bonchev–Trinajstić information content (AvgIpc) is 3.09. The van der Waals surface area contributed by atoms with Gasteiger partial charge in [0.25, 0.3) is 0 Å². The minimum Gasteiger partial charge on any atom is -0.374 e. The number of hydrogen-bond acceptors (Lipinski definition) is 4. The van der Waals surface area contributed by atoms with Crippen molar-refractivity contribution in [3.63, 3.8) is 0 Å². The molecule has 1 atom stereocenters. The van der Waals surface area contributed by atoms with E-state index in [4.69, 9.17) is 0 Å². The topological polar surface area (TPSA) is 64.7 Å². The van der Waals surface area contributed by atoms with E-state index < -0.39 is 11.8 Å². The molecule has 29 heavy (non-hydrogen) atoms. The first-order chi connectivity index (χ1) is 14.0. The van der Waals surface area contributed by atoms with Crippen LogP contribution in [0.25, 0.3) is 0 Å². The van der Waals surface area contributed by atoms with Gasteiger partial charge < -0.3 is 20.4 Å². The van der Waals surface area contributed by atoms with E-state index in [1.54, 1.807) is 0 Å². The highest BCUT2D eigenvalue weighted by atomic mass is 16.2. The summed E-state index contributed by atoms with van der Waals surface area (Å²) >= 11 is 0. The van der Waals surface area contributed by atoms with Gasteiger partial charge in [-0.05, 0) is 49.7 Å². The normalized spacial score (nSPS) is 13.9. The van der Waals surface area contributed by atoms with E-state index in [-0.39, 0.29) is 6.04 Å². The molecule has 0 radical (unpaired) electrons. The quantitative estimate of drug-likeness (QED) is 0.703. The lowest BCUT2D eigenvalue weighted by Crippen LogP contribution is -2.43. The van der Waals surface area contributed by atoms with E-state index in [2.05, 4.69) is 45.7 Å². The second-order valence-corrected chi connectivity index (χ2v) is 7.74. The molecule has 2 aromatic carbocycles. The fraction of sp³-hybridized carbons (Fsp3) is 0.391. The van der Waals surface area contributed by atoms with Crippen molar-refractivity contribution < 1.29 is 9.59 Å².